The Morgan fingerprint density at radius 2 is 1.83 bits per heavy atom. The van der Waals surface area contributed by atoms with Crippen molar-refractivity contribution in [3.05, 3.63) is 40.9 Å². The van der Waals surface area contributed by atoms with E-state index in [1.807, 2.05) is 0 Å². The normalized spacial score (nSPS) is 13.9. The molecule has 1 atom stereocenters. The lowest BCUT2D eigenvalue weighted by molar-refractivity contribution is -0.147. The van der Waals surface area contributed by atoms with Crippen LogP contribution in [0.2, 0.25) is 5.02 Å². The first kappa shape index (κ1) is 24.0. The highest BCUT2D eigenvalue weighted by atomic mass is 35.5. The van der Waals surface area contributed by atoms with Gasteiger partial charge in [-0.1, -0.05) is 11.6 Å². The molecule has 1 amide bonds. The van der Waals surface area contributed by atoms with Gasteiger partial charge in [0.2, 0.25) is 10.0 Å². The lowest BCUT2D eigenvalue weighted by atomic mass is 10.3. The Balaban J connectivity index is 2.35. The number of hydrogen-bond donors (Lipinski definition) is 2. The van der Waals surface area contributed by atoms with Crippen molar-refractivity contribution in [1.29, 1.82) is 0 Å². The molecule has 7 nitrogen and oxygen atoms in total. The second-order valence-electron chi connectivity index (χ2n) is 6.03. The third kappa shape index (κ3) is 5.23. The molecule has 0 aliphatic carbocycles. The van der Waals surface area contributed by atoms with Crippen molar-refractivity contribution >= 4 is 33.2 Å². The van der Waals surface area contributed by atoms with Gasteiger partial charge in [0.1, 0.15) is 22.3 Å². The lowest BCUT2D eigenvalue weighted by Crippen LogP contribution is -2.42. The average molecular weight is 479 g/mol. The second kappa shape index (κ2) is 8.07. The molecule has 0 spiro atoms. The number of aryl methyl sites for hydroxylation is 1. The molecule has 30 heavy (non-hydrogen) atoms. The molecule has 0 saturated heterocycles. The lowest BCUT2D eigenvalue weighted by Gasteiger charge is -2.16. The first-order valence-electron chi connectivity index (χ1n) is 7.82. The van der Waals surface area contributed by atoms with Crippen LogP contribution >= 0.6 is 11.6 Å². The summed E-state index contributed by atoms with van der Waals surface area (Å²) in [5.74, 6) is -1.09. The molecular formula is C15H13ClF6N4O3S. The smallest absolute Gasteiger partial charge is 0.344 e. The fourth-order valence-electron chi connectivity index (χ4n) is 2.23. The van der Waals surface area contributed by atoms with Gasteiger partial charge in [-0.3, -0.25) is 9.78 Å². The summed E-state index contributed by atoms with van der Waals surface area (Å²) >= 11 is 5.90. The third-order valence-electron chi connectivity index (χ3n) is 3.72. The van der Waals surface area contributed by atoms with Crippen LogP contribution in [0.3, 0.4) is 0 Å². The standard InChI is InChI=1S/C15H13ClF6N4O3S/c1-7(14(17,18)19)25-30(28,29)9-6-26(2)12(11(9)16)13(27)24-8-3-4-23-10(5-8)15(20,21)22/h3-7,25H,1-2H3,(H,23,24,27)/t7-/m1/s1. The molecular weight excluding hydrogens is 466 g/mol. The van der Waals surface area contributed by atoms with E-state index in [1.165, 1.54) is 11.8 Å². The van der Waals surface area contributed by atoms with Crippen LogP contribution in [-0.2, 0) is 23.2 Å². The number of halogens is 7. The molecule has 0 bridgehead atoms. The van der Waals surface area contributed by atoms with Crippen LogP contribution in [0.5, 0.6) is 0 Å². The van der Waals surface area contributed by atoms with E-state index < -0.39 is 55.6 Å². The van der Waals surface area contributed by atoms with Gasteiger partial charge in [-0.15, -0.1) is 0 Å². The van der Waals surface area contributed by atoms with Crippen LogP contribution in [-0.4, -0.2) is 36.1 Å². The van der Waals surface area contributed by atoms with Crippen molar-refractivity contribution in [2.45, 2.75) is 30.2 Å². The summed E-state index contributed by atoms with van der Waals surface area (Å²) in [6.07, 6.45) is -8.04. The predicted octanol–water partition coefficient (Wildman–Crippen LogP) is 3.57. The molecule has 15 heteroatoms. The van der Waals surface area contributed by atoms with Gasteiger partial charge in [-0.25, -0.2) is 8.42 Å². The number of nitrogens with one attached hydrogen (secondary N) is 2. The highest BCUT2D eigenvalue weighted by molar-refractivity contribution is 7.89. The zero-order valence-corrected chi connectivity index (χ0v) is 16.6. The van der Waals surface area contributed by atoms with Gasteiger partial charge in [-0.2, -0.15) is 31.1 Å². The number of alkyl halides is 6. The highest BCUT2D eigenvalue weighted by Gasteiger charge is 2.40. The summed E-state index contributed by atoms with van der Waals surface area (Å²) in [5.41, 5.74) is -2.10. The Morgan fingerprint density at radius 3 is 2.37 bits per heavy atom. The number of nitrogens with zero attached hydrogens (tertiary/aromatic N) is 2. The Kier molecular flexibility index (Phi) is 6.45. The van der Waals surface area contributed by atoms with Crippen LogP contribution in [0, 0.1) is 0 Å². The molecule has 2 heterocycles. The number of rotatable bonds is 5. The van der Waals surface area contributed by atoms with E-state index in [1.54, 1.807) is 0 Å². The number of carbonyl (C=O) groups excluding carboxylic acids is 1. The van der Waals surface area contributed by atoms with Crippen LogP contribution < -0.4 is 10.0 Å². The maximum atomic E-state index is 12.7. The quantitative estimate of drug-likeness (QED) is 0.643. The third-order valence-corrected chi connectivity index (χ3v) is 5.77. The number of carbonyl (C=O) groups is 1. The monoisotopic (exact) mass is 478 g/mol. The van der Waals surface area contributed by atoms with Crippen LogP contribution in [0.15, 0.2) is 29.4 Å². The predicted molar refractivity (Wildman–Crippen MR) is 93.5 cm³/mol. The van der Waals surface area contributed by atoms with E-state index in [9.17, 15) is 39.6 Å². The minimum Gasteiger partial charge on any atom is -0.344 e. The van der Waals surface area contributed by atoms with Crippen molar-refractivity contribution < 1.29 is 39.6 Å². The number of amides is 1. The van der Waals surface area contributed by atoms with Gasteiger partial charge in [0.15, 0.2) is 0 Å². The Bertz CT molecular complexity index is 1070. The van der Waals surface area contributed by atoms with E-state index in [2.05, 4.69) is 10.3 Å². The molecule has 0 radical (unpaired) electrons. The Labute approximate surface area is 171 Å². The van der Waals surface area contributed by atoms with Crippen LogP contribution in [0.1, 0.15) is 23.1 Å². The van der Waals surface area contributed by atoms with E-state index in [4.69, 9.17) is 11.6 Å². The fraction of sp³-hybridized carbons (Fsp3) is 0.333. The van der Waals surface area contributed by atoms with E-state index in [-0.39, 0.29) is 5.69 Å². The number of pyridine rings is 1. The van der Waals surface area contributed by atoms with Crippen LogP contribution in [0.25, 0.3) is 0 Å². The van der Waals surface area contributed by atoms with Crippen molar-refractivity contribution in [2.24, 2.45) is 7.05 Å². The molecule has 0 saturated carbocycles. The summed E-state index contributed by atoms with van der Waals surface area (Å²) in [4.78, 5) is 14.7. The molecule has 0 fully saturated rings. The molecule has 2 N–H and O–H groups in total. The van der Waals surface area contributed by atoms with Crippen molar-refractivity contribution in [2.75, 3.05) is 5.32 Å². The topological polar surface area (TPSA) is 93.1 Å². The average Bonchev–Trinajstić information content (AvgIpc) is 2.88. The minimum absolute atomic E-state index is 0.312. The minimum atomic E-state index is -4.87. The Morgan fingerprint density at radius 1 is 1.23 bits per heavy atom. The second-order valence-corrected chi connectivity index (χ2v) is 8.09. The SMILES string of the molecule is C[C@@H](NS(=O)(=O)c1cn(C)c(C(=O)Nc2ccnc(C(F)(F)F)c2)c1Cl)C(F)(F)F. The maximum Gasteiger partial charge on any atom is 0.433 e. The summed E-state index contributed by atoms with van der Waals surface area (Å²) < 4.78 is 103. The number of hydrogen-bond acceptors (Lipinski definition) is 4. The zero-order chi connectivity index (χ0) is 23.1. The number of sulfonamides is 1. The molecule has 2 aromatic heterocycles. The highest BCUT2D eigenvalue weighted by Crippen LogP contribution is 2.31. The van der Waals surface area contributed by atoms with Crippen LogP contribution in [0.4, 0.5) is 32.0 Å². The van der Waals surface area contributed by atoms with E-state index in [0.29, 0.717) is 13.0 Å². The van der Waals surface area contributed by atoms with Gasteiger partial charge < -0.3 is 9.88 Å². The van der Waals surface area contributed by atoms with Gasteiger partial charge in [0.05, 0.1) is 5.02 Å². The number of aromatic nitrogens is 2. The fourth-order valence-corrected chi connectivity index (χ4v) is 4.16. The largest absolute Gasteiger partial charge is 0.433 e. The molecule has 0 aliphatic heterocycles. The van der Waals surface area contributed by atoms with Gasteiger partial charge in [-0.05, 0) is 19.1 Å². The zero-order valence-electron chi connectivity index (χ0n) is 15.1. The first-order chi connectivity index (χ1) is 13.5. The van der Waals surface area contributed by atoms with E-state index in [0.717, 1.165) is 23.0 Å². The maximum absolute atomic E-state index is 12.7. The summed E-state index contributed by atoms with van der Waals surface area (Å²) in [7, 11) is -3.59. The van der Waals surface area contributed by atoms with E-state index >= 15 is 0 Å². The summed E-state index contributed by atoms with van der Waals surface area (Å²) in [6, 6.07) is -0.846. The molecule has 166 valence electrons. The van der Waals surface area contributed by atoms with Gasteiger partial charge >= 0.3 is 12.4 Å². The summed E-state index contributed by atoms with van der Waals surface area (Å²) in [5, 5.41) is 1.40. The first-order valence-corrected chi connectivity index (χ1v) is 9.68. The van der Waals surface area contributed by atoms with Gasteiger partial charge in [0.25, 0.3) is 5.91 Å². The van der Waals surface area contributed by atoms with Crippen molar-refractivity contribution in [1.82, 2.24) is 14.3 Å². The number of anilines is 1. The molecule has 2 aromatic rings. The molecule has 2 rings (SSSR count). The van der Waals surface area contributed by atoms with Gasteiger partial charge in [0, 0.05) is 25.1 Å². The molecule has 0 unspecified atom stereocenters. The van der Waals surface area contributed by atoms with Crippen molar-refractivity contribution in [3.63, 3.8) is 0 Å². The van der Waals surface area contributed by atoms with Crippen molar-refractivity contribution in [3.8, 4) is 0 Å². The Hall–Kier alpha value is -2.32. The molecule has 0 aromatic carbocycles. The molecule has 0 aliphatic rings. The summed E-state index contributed by atoms with van der Waals surface area (Å²) in [6.45, 7) is 0.573.